The van der Waals surface area contributed by atoms with Crippen LogP contribution in [0.2, 0.25) is 0 Å². The molecular formula is C20H15BrN2O4S2. The molecule has 0 unspecified atom stereocenters. The largest absolute Gasteiger partial charge is 0.478 e. The summed E-state index contributed by atoms with van der Waals surface area (Å²) in [4.78, 5) is 37.8. The number of nitrogens with one attached hydrogen (secondary N) is 1. The normalized spacial score (nSPS) is 15.1. The van der Waals surface area contributed by atoms with Crippen LogP contribution in [0.3, 0.4) is 0 Å². The van der Waals surface area contributed by atoms with Gasteiger partial charge in [0.2, 0.25) is 5.91 Å². The zero-order valence-electron chi connectivity index (χ0n) is 14.9. The minimum Gasteiger partial charge on any atom is -0.478 e. The SMILES string of the molecule is O=C(CCN1C(=O)/C(=C\c2cccc(Br)c2)SC1=S)Nc1cccc(C(=O)O)c1. The number of nitrogens with zero attached hydrogens (tertiary/aromatic N) is 1. The van der Waals surface area contributed by atoms with E-state index in [-0.39, 0.29) is 30.3 Å². The number of carboxylic acids is 1. The van der Waals surface area contributed by atoms with Gasteiger partial charge in [-0.2, -0.15) is 0 Å². The van der Waals surface area contributed by atoms with Crippen molar-refractivity contribution in [1.82, 2.24) is 4.90 Å². The third-order valence-corrected chi connectivity index (χ3v) is 5.85. The molecule has 6 nitrogen and oxygen atoms in total. The zero-order chi connectivity index (χ0) is 21.0. The number of hydrogen-bond acceptors (Lipinski definition) is 5. The van der Waals surface area contributed by atoms with Gasteiger partial charge in [-0.3, -0.25) is 14.5 Å². The van der Waals surface area contributed by atoms with E-state index >= 15 is 0 Å². The molecule has 0 aliphatic carbocycles. The van der Waals surface area contributed by atoms with E-state index in [0.717, 1.165) is 10.0 Å². The molecule has 2 N–H and O–H groups in total. The van der Waals surface area contributed by atoms with Crippen LogP contribution in [0, 0.1) is 0 Å². The molecule has 0 spiro atoms. The number of carboxylic acid groups (broad SMARTS) is 1. The highest BCUT2D eigenvalue weighted by atomic mass is 79.9. The Morgan fingerprint density at radius 1 is 1.21 bits per heavy atom. The smallest absolute Gasteiger partial charge is 0.335 e. The van der Waals surface area contributed by atoms with Gasteiger partial charge in [-0.25, -0.2) is 4.79 Å². The number of anilines is 1. The monoisotopic (exact) mass is 490 g/mol. The van der Waals surface area contributed by atoms with E-state index in [4.69, 9.17) is 17.3 Å². The fourth-order valence-corrected chi connectivity index (χ4v) is 4.33. The summed E-state index contributed by atoms with van der Waals surface area (Å²) >= 11 is 9.88. The second-order valence-electron chi connectivity index (χ2n) is 6.07. The Morgan fingerprint density at radius 3 is 2.69 bits per heavy atom. The highest BCUT2D eigenvalue weighted by Gasteiger charge is 2.32. The molecule has 0 bridgehead atoms. The number of thiocarbonyl (C=S) groups is 1. The van der Waals surface area contributed by atoms with E-state index in [9.17, 15) is 14.4 Å². The molecule has 0 radical (unpaired) electrons. The lowest BCUT2D eigenvalue weighted by molar-refractivity contribution is -0.122. The lowest BCUT2D eigenvalue weighted by atomic mass is 10.2. The highest BCUT2D eigenvalue weighted by Crippen LogP contribution is 2.33. The summed E-state index contributed by atoms with van der Waals surface area (Å²) < 4.78 is 1.31. The van der Waals surface area contributed by atoms with Crippen LogP contribution < -0.4 is 5.32 Å². The van der Waals surface area contributed by atoms with Crippen molar-refractivity contribution in [1.29, 1.82) is 0 Å². The molecule has 2 aromatic rings. The van der Waals surface area contributed by atoms with Crippen molar-refractivity contribution < 1.29 is 19.5 Å². The Bertz CT molecular complexity index is 1040. The second kappa shape index (κ2) is 9.34. The number of rotatable bonds is 6. The molecule has 2 aromatic carbocycles. The predicted octanol–water partition coefficient (Wildman–Crippen LogP) is 4.38. The summed E-state index contributed by atoms with van der Waals surface area (Å²) in [5.41, 5.74) is 1.34. The molecule has 9 heteroatoms. The van der Waals surface area contributed by atoms with Gasteiger partial charge in [-0.05, 0) is 42.0 Å². The Balaban J connectivity index is 1.61. The van der Waals surface area contributed by atoms with Crippen molar-refractivity contribution >= 4 is 73.8 Å². The van der Waals surface area contributed by atoms with Crippen molar-refractivity contribution in [3.05, 3.63) is 69.0 Å². The molecule has 0 aromatic heterocycles. The Labute approximate surface area is 185 Å². The first-order chi connectivity index (χ1) is 13.8. The maximum atomic E-state index is 12.6. The van der Waals surface area contributed by atoms with E-state index < -0.39 is 5.97 Å². The molecule has 0 saturated carbocycles. The van der Waals surface area contributed by atoms with E-state index in [2.05, 4.69) is 21.2 Å². The molecule has 2 amide bonds. The van der Waals surface area contributed by atoms with Crippen LogP contribution >= 0.6 is 39.9 Å². The Kier molecular flexibility index (Phi) is 6.83. The topological polar surface area (TPSA) is 86.7 Å². The molecule has 148 valence electrons. The number of hydrogen-bond donors (Lipinski definition) is 2. The molecule has 1 aliphatic heterocycles. The lowest BCUT2D eigenvalue weighted by Crippen LogP contribution is -2.31. The van der Waals surface area contributed by atoms with Gasteiger partial charge in [0.05, 0.1) is 10.5 Å². The maximum absolute atomic E-state index is 12.6. The lowest BCUT2D eigenvalue weighted by Gasteiger charge is -2.14. The van der Waals surface area contributed by atoms with Gasteiger partial charge >= 0.3 is 5.97 Å². The molecule has 0 atom stereocenters. The predicted molar refractivity (Wildman–Crippen MR) is 121 cm³/mol. The summed E-state index contributed by atoms with van der Waals surface area (Å²) in [6.45, 7) is 0.144. The number of halogens is 1. The maximum Gasteiger partial charge on any atom is 0.335 e. The van der Waals surface area contributed by atoms with Crippen LogP contribution in [0.5, 0.6) is 0 Å². The van der Waals surface area contributed by atoms with Crippen molar-refractivity contribution in [2.75, 3.05) is 11.9 Å². The van der Waals surface area contributed by atoms with Gasteiger partial charge in [-0.15, -0.1) is 0 Å². The van der Waals surface area contributed by atoms with E-state index in [1.54, 1.807) is 18.2 Å². The fourth-order valence-electron chi connectivity index (χ4n) is 2.61. The van der Waals surface area contributed by atoms with Gasteiger partial charge in [-0.1, -0.05) is 58.1 Å². The van der Waals surface area contributed by atoms with E-state index in [0.29, 0.717) is 14.9 Å². The van der Waals surface area contributed by atoms with Gasteiger partial charge < -0.3 is 10.4 Å². The van der Waals surface area contributed by atoms with Crippen molar-refractivity contribution in [2.45, 2.75) is 6.42 Å². The summed E-state index contributed by atoms with van der Waals surface area (Å²) in [6, 6.07) is 13.5. The number of amides is 2. The van der Waals surface area contributed by atoms with Gasteiger partial charge in [0, 0.05) is 23.1 Å². The number of carbonyl (C=O) groups excluding carboxylic acids is 2. The van der Waals surface area contributed by atoms with Gasteiger partial charge in [0.15, 0.2) is 0 Å². The molecule has 1 saturated heterocycles. The summed E-state index contributed by atoms with van der Waals surface area (Å²) in [6.07, 6.45) is 1.80. The third-order valence-electron chi connectivity index (χ3n) is 3.98. The number of benzene rings is 2. The standard InChI is InChI=1S/C20H15BrN2O4S2/c21-14-5-1-3-12(9-14)10-16-18(25)23(20(28)29-16)8-7-17(24)22-15-6-2-4-13(11-15)19(26)27/h1-6,9-11H,7-8H2,(H,22,24)(H,26,27)/b16-10+. The first kappa shape index (κ1) is 21.2. The van der Waals surface area contributed by atoms with Crippen molar-refractivity contribution in [3.8, 4) is 0 Å². The van der Waals surface area contributed by atoms with Crippen LogP contribution in [-0.4, -0.2) is 38.7 Å². The first-order valence-corrected chi connectivity index (χ1v) is 10.5. The molecular weight excluding hydrogens is 476 g/mol. The van der Waals surface area contributed by atoms with Crippen molar-refractivity contribution in [2.24, 2.45) is 0 Å². The number of carbonyl (C=O) groups is 3. The number of aromatic carboxylic acids is 1. The average molecular weight is 491 g/mol. The van der Waals surface area contributed by atoms with E-state index in [1.165, 1.54) is 28.8 Å². The van der Waals surface area contributed by atoms with Crippen LogP contribution in [0.25, 0.3) is 6.08 Å². The summed E-state index contributed by atoms with van der Waals surface area (Å²) in [5, 5.41) is 11.7. The van der Waals surface area contributed by atoms with Gasteiger partial charge in [0.25, 0.3) is 5.91 Å². The summed E-state index contributed by atoms with van der Waals surface area (Å²) in [5.74, 6) is -1.64. The molecule has 1 aliphatic rings. The van der Waals surface area contributed by atoms with Crippen LogP contribution in [0.4, 0.5) is 5.69 Å². The van der Waals surface area contributed by atoms with Gasteiger partial charge in [0.1, 0.15) is 4.32 Å². The minimum atomic E-state index is -1.07. The highest BCUT2D eigenvalue weighted by molar-refractivity contribution is 9.10. The van der Waals surface area contributed by atoms with Crippen LogP contribution in [-0.2, 0) is 9.59 Å². The minimum absolute atomic E-state index is 0.0356. The number of thioether (sulfide) groups is 1. The third kappa shape index (κ3) is 5.53. The van der Waals surface area contributed by atoms with E-state index in [1.807, 2.05) is 24.3 Å². The Morgan fingerprint density at radius 2 is 1.97 bits per heavy atom. The van der Waals surface area contributed by atoms with Crippen molar-refractivity contribution in [3.63, 3.8) is 0 Å². The quantitative estimate of drug-likeness (QED) is 0.461. The summed E-state index contributed by atoms with van der Waals surface area (Å²) in [7, 11) is 0. The molecule has 1 fully saturated rings. The molecule has 1 heterocycles. The van der Waals surface area contributed by atoms with Crippen LogP contribution in [0.15, 0.2) is 57.9 Å². The Hall–Kier alpha value is -2.49. The van der Waals surface area contributed by atoms with Crippen LogP contribution in [0.1, 0.15) is 22.3 Å². The second-order valence-corrected chi connectivity index (χ2v) is 8.66. The molecule has 29 heavy (non-hydrogen) atoms. The zero-order valence-corrected chi connectivity index (χ0v) is 18.1. The molecule has 3 rings (SSSR count). The fraction of sp³-hybridized carbons (Fsp3) is 0.100. The first-order valence-electron chi connectivity index (χ1n) is 8.47. The average Bonchev–Trinajstić information content (AvgIpc) is 2.93.